The van der Waals surface area contributed by atoms with E-state index in [0.717, 1.165) is 28.8 Å². The van der Waals surface area contributed by atoms with Gasteiger partial charge in [-0.15, -0.1) is 11.8 Å². The molecule has 0 bridgehead atoms. The van der Waals surface area contributed by atoms with Gasteiger partial charge in [-0.05, 0) is 48.9 Å². The SMILES string of the molecule is CCCNC(CSc1cccc(Cl)c1)c1cccc(Cl)c1. The molecule has 2 aromatic carbocycles. The van der Waals surface area contributed by atoms with Crippen molar-refractivity contribution >= 4 is 35.0 Å². The van der Waals surface area contributed by atoms with E-state index in [1.165, 1.54) is 10.5 Å². The molecule has 1 N–H and O–H groups in total. The van der Waals surface area contributed by atoms with Crippen LogP contribution in [0, 0.1) is 0 Å². The van der Waals surface area contributed by atoms with E-state index in [1.54, 1.807) is 11.8 Å². The molecule has 0 aliphatic carbocycles. The summed E-state index contributed by atoms with van der Waals surface area (Å²) >= 11 is 13.9. The van der Waals surface area contributed by atoms with Crippen LogP contribution in [-0.2, 0) is 0 Å². The fourth-order valence-electron chi connectivity index (χ4n) is 2.05. The first kappa shape index (κ1) is 16.7. The smallest absolute Gasteiger partial charge is 0.0417 e. The van der Waals surface area contributed by atoms with Gasteiger partial charge in [0.2, 0.25) is 0 Å². The van der Waals surface area contributed by atoms with Gasteiger partial charge >= 0.3 is 0 Å². The second-order valence-electron chi connectivity index (χ2n) is 4.83. The minimum absolute atomic E-state index is 0.285. The largest absolute Gasteiger partial charge is 0.309 e. The standard InChI is InChI=1S/C17H19Cl2NS/c1-2-9-20-17(13-5-3-6-14(18)10-13)12-21-16-8-4-7-15(19)11-16/h3-8,10-11,17,20H,2,9,12H2,1H3. The summed E-state index contributed by atoms with van der Waals surface area (Å²) < 4.78 is 0. The molecule has 0 radical (unpaired) electrons. The summed E-state index contributed by atoms with van der Waals surface area (Å²) in [6.45, 7) is 3.17. The first-order valence-corrected chi connectivity index (χ1v) is 8.80. The Balaban J connectivity index is 2.06. The number of halogens is 2. The van der Waals surface area contributed by atoms with Crippen molar-refractivity contribution in [2.24, 2.45) is 0 Å². The maximum atomic E-state index is 6.11. The maximum Gasteiger partial charge on any atom is 0.0417 e. The second kappa shape index (κ2) is 8.70. The summed E-state index contributed by atoms with van der Waals surface area (Å²) in [5, 5.41) is 5.14. The number of nitrogens with one attached hydrogen (secondary N) is 1. The topological polar surface area (TPSA) is 12.0 Å². The first-order valence-electron chi connectivity index (χ1n) is 7.06. The molecule has 0 spiro atoms. The fourth-order valence-corrected chi connectivity index (χ4v) is 3.56. The molecule has 0 amide bonds. The molecule has 1 atom stereocenters. The molecule has 0 heterocycles. The van der Waals surface area contributed by atoms with E-state index >= 15 is 0 Å². The summed E-state index contributed by atoms with van der Waals surface area (Å²) in [5.74, 6) is 0.945. The predicted molar refractivity (Wildman–Crippen MR) is 94.7 cm³/mol. The Morgan fingerprint density at radius 1 is 1.05 bits per heavy atom. The Labute approximate surface area is 141 Å². The third-order valence-electron chi connectivity index (χ3n) is 3.10. The number of benzene rings is 2. The van der Waals surface area contributed by atoms with Crippen molar-refractivity contribution in [2.45, 2.75) is 24.3 Å². The van der Waals surface area contributed by atoms with E-state index in [0.29, 0.717) is 0 Å². The maximum absolute atomic E-state index is 6.11. The van der Waals surface area contributed by atoms with Gasteiger partial charge in [-0.2, -0.15) is 0 Å². The lowest BCUT2D eigenvalue weighted by Crippen LogP contribution is -2.24. The van der Waals surface area contributed by atoms with Crippen molar-refractivity contribution < 1.29 is 0 Å². The van der Waals surface area contributed by atoms with Gasteiger partial charge in [0.25, 0.3) is 0 Å². The molecular weight excluding hydrogens is 321 g/mol. The van der Waals surface area contributed by atoms with E-state index in [4.69, 9.17) is 23.2 Å². The van der Waals surface area contributed by atoms with Crippen molar-refractivity contribution in [1.29, 1.82) is 0 Å². The van der Waals surface area contributed by atoms with Crippen LogP contribution in [0.15, 0.2) is 53.4 Å². The lowest BCUT2D eigenvalue weighted by Gasteiger charge is -2.19. The van der Waals surface area contributed by atoms with Crippen molar-refractivity contribution in [3.05, 3.63) is 64.1 Å². The number of rotatable bonds is 7. The lowest BCUT2D eigenvalue weighted by atomic mass is 10.1. The van der Waals surface area contributed by atoms with Crippen LogP contribution in [0.1, 0.15) is 24.9 Å². The summed E-state index contributed by atoms with van der Waals surface area (Å²) in [6.07, 6.45) is 1.11. The van der Waals surface area contributed by atoms with Crippen LogP contribution in [-0.4, -0.2) is 12.3 Å². The average Bonchev–Trinajstić information content (AvgIpc) is 2.47. The third-order valence-corrected chi connectivity index (χ3v) is 4.66. The molecule has 0 aliphatic heterocycles. The highest BCUT2D eigenvalue weighted by Crippen LogP contribution is 2.27. The molecule has 0 aromatic heterocycles. The fraction of sp³-hybridized carbons (Fsp3) is 0.294. The molecule has 0 aliphatic rings. The van der Waals surface area contributed by atoms with Gasteiger partial charge in [0, 0.05) is 26.7 Å². The zero-order chi connectivity index (χ0) is 15.1. The van der Waals surface area contributed by atoms with E-state index in [-0.39, 0.29) is 6.04 Å². The summed E-state index contributed by atoms with van der Waals surface area (Å²) in [6, 6.07) is 16.3. The zero-order valence-corrected chi connectivity index (χ0v) is 14.3. The van der Waals surface area contributed by atoms with Crippen LogP contribution < -0.4 is 5.32 Å². The van der Waals surface area contributed by atoms with Gasteiger partial charge in [-0.25, -0.2) is 0 Å². The van der Waals surface area contributed by atoms with Gasteiger partial charge in [0.1, 0.15) is 0 Å². The molecule has 21 heavy (non-hydrogen) atoms. The summed E-state index contributed by atoms with van der Waals surface area (Å²) in [5.41, 5.74) is 1.23. The molecule has 1 unspecified atom stereocenters. The average molecular weight is 340 g/mol. The Hall–Kier alpha value is -0.670. The Bertz CT molecular complexity index is 574. The Morgan fingerprint density at radius 3 is 2.43 bits per heavy atom. The van der Waals surface area contributed by atoms with Gasteiger partial charge < -0.3 is 5.32 Å². The quantitative estimate of drug-likeness (QED) is 0.637. The van der Waals surface area contributed by atoms with Crippen LogP contribution in [0.3, 0.4) is 0 Å². The number of thioether (sulfide) groups is 1. The van der Waals surface area contributed by atoms with Gasteiger partial charge in [0.05, 0.1) is 0 Å². The van der Waals surface area contributed by atoms with Crippen LogP contribution in [0.4, 0.5) is 0 Å². The minimum atomic E-state index is 0.285. The van der Waals surface area contributed by atoms with E-state index in [1.807, 2.05) is 36.4 Å². The molecule has 2 rings (SSSR count). The lowest BCUT2D eigenvalue weighted by molar-refractivity contribution is 0.577. The molecule has 4 heteroatoms. The number of hydrogen-bond acceptors (Lipinski definition) is 2. The van der Waals surface area contributed by atoms with Crippen molar-refractivity contribution in [1.82, 2.24) is 5.32 Å². The van der Waals surface area contributed by atoms with Crippen LogP contribution in [0.25, 0.3) is 0 Å². The second-order valence-corrected chi connectivity index (χ2v) is 6.80. The van der Waals surface area contributed by atoms with Crippen LogP contribution in [0.5, 0.6) is 0 Å². The minimum Gasteiger partial charge on any atom is -0.309 e. The molecule has 0 saturated heterocycles. The Kier molecular flexibility index (Phi) is 6.91. The van der Waals surface area contributed by atoms with Gasteiger partial charge in [-0.1, -0.05) is 48.3 Å². The van der Waals surface area contributed by atoms with Crippen LogP contribution >= 0.6 is 35.0 Å². The summed E-state index contributed by atoms with van der Waals surface area (Å²) in [4.78, 5) is 1.19. The molecule has 0 saturated carbocycles. The predicted octanol–water partition coefficient (Wildman–Crippen LogP) is 5.83. The molecule has 1 nitrogen and oxygen atoms in total. The normalized spacial score (nSPS) is 12.3. The van der Waals surface area contributed by atoms with Crippen molar-refractivity contribution in [3.63, 3.8) is 0 Å². The highest BCUT2D eigenvalue weighted by atomic mass is 35.5. The monoisotopic (exact) mass is 339 g/mol. The highest BCUT2D eigenvalue weighted by molar-refractivity contribution is 7.99. The van der Waals surface area contributed by atoms with Gasteiger partial charge in [0.15, 0.2) is 0 Å². The third kappa shape index (κ3) is 5.55. The zero-order valence-electron chi connectivity index (χ0n) is 12.0. The van der Waals surface area contributed by atoms with Gasteiger partial charge in [-0.3, -0.25) is 0 Å². The molecule has 2 aromatic rings. The molecule has 0 fully saturated rings. The van der Waals surface area contributed by atoms with E-state index < -0.39 is 0 Å². The van der Waals surface area contributed by atoms with E-state index in [9.17, 15) is 0 Å². The van der Waals surface area contributed by atoms with E-state index in [2.05, 4.69) is 24.4 Å². The highest BCUT2D eigenvalue weighted by Gasteiger charge is 2.11. The van der Waals surface area contributed by atoms with Crippen molar-refractivity contribution in [3.8, 4) is 0 Å². The van der Waals surface area contributed by atoms with Crippen molar-refractivity contribution in [2.75, 3.05) is 12.3 Å². The Morgan fingerprint density at radius 2 is 1.76 bits per heavy atom. The number of hydrogen-bond donors (Lipinski definition) is 1. The molecular formula is C17H19Cl2NS. The summed E-state index contributed by atoms with van der Waals surface area (Å²) in [7, 11) is 0. The molecule has 112 valence electrons. The first-order chi connectivity index (χ1) is 10.2. The van der Waals surface area contributed by atoms with Crippen LogP contribution in [0.2, 0.25) is 10.0 Å².